The van der Waals surface area contributed by atoms with E-state index in [1.807, 2.05) is 6.92 Å². The van der Waals surface area contributed by atoms with E-state index in [2.05, 4.69) is 10.6 Å². The van der Waals surface area contributed by atoms with Gasteiger partial charge >= 0.3 is 0 Å². The summed E-state index contributed by atoms with van der Waals surface area (Å²) in [7, 11) is 1.56. The maximum atomic E-state index is 11.5. The molecule has 100 valence electrons. The quantitative estimate of drug-likeness (QED) is 0.547. The topological polar surface area (TPSA) is 76.7 Å². The van der Waals surface area contributed by atoms with Gasteiger partial charge in [-0.15, -0.1) is 0 Å². The van der Waals surface area contributed by atoms with Crippen LogP contribution in [0.3, 0.4) is 0 Å². The van der Waals surface area contributed by atoms with E-state index in [1.165, 1.54) is 0 Å². The number of hydrogen-bond donors (Lipinski definition) is 2. The van der Waals surface area contributed by atoms with E-state index in [0.29, 0.717) is 19.8 Å². The van der Waals surface area contributed by atoms with E-state index in [9.17, 15) is 9.59 Å². The predicted molar refractivity (Wildman–Crippen MR) is 63.6 cm³/mol. The summed E-state index contributed by atoms with van der Waals surface area (Å²) in [5.41, 5.74) is 0. The molecule has 0 aliphatic rings. The number of ether oxygens (including phenoxy) is 2. The molecule has 0 spiro atoms. The summed E-state index contributed by atoms with van der Waals surface area (Å²) in [6.07, 6.45) is 0.861. The van der Waals surface area contributed by atoms with Crippen LogP contribution in [-0.4, -0.2) is 51.3 Å². The third-order valence-corrected chi connectivity index (χ3v) is 1.96. The van der Waals surface area contributed by atoms with Gasteiger partial charge in [0.2, 0.25) is 11.8 Å². The monoisotopic (exact) mass is 246 g/mol. The Labute approximate surface area is 102 Å². The standard InChI is InChI=1S/C11H22N2O4/c1-4-6-17-8-10(14)13-9(2)11(15)12-5-7-16-3/h9H,4-8H2,1-3H3,(H,12,15)(H,13,14). The van der Waals surface area contributed by atoms with Crippen LogP contribution in [0.15, 0.2) is 0 Å². The van der Waals surface area contributed by atoms with Gasteiger partial charge in [0.15, 0.2) is 0 Å². The van der Waals surface area contributed by atoms with Gasteiger partial charge in [-0.05, 0) is 13.3 Å². The fourth-order valence-electron chi connectivity index (χ4n) is 1.09. The van der Waals surface area contributed by atoms with Crippen LogP contribution in [0.25, 0.3) is 0 Å². The molecule has 0 rings (SSSR count). The molecule has 1 atom stereocenters. The van der Waals surface area contributed by atoms with Crippen molar-refractivity contribution >= 4 is 11.8 Å². The number of nitrogens with one attached hydrogen (secondary N) is 2. The molecule has 2 N–H and O–H groups in total. The summed E-state index contributed by atoms with van der Waals surface area (Å²) in [4.78, 5) is 22.8. The zero-order chi connectivity index (χ0) is 13.1. The number of rotatable bonds is 9. The second kappa shape index (κ2) is 10.0. The molecule has 0 saturated heterocycles. The summed E-state index contributed by atoms with van der Waals surface area (Å²) in [6, 6.07) is -0.565. The Hall–Kier alpha value is -1.14. The number of amides is 2. The van der Waals surface area contributed by atoms with Crippen molar-refractivity contribution in [1.82, 2.24) is 10.6 Å². The molecule has 1 unspecified atom stereocenters. The first-order chi connectivity index (χ1) is 8.11. The first-order valence-corrected chi connectivity index (χ1v) is 5.75. The number of carbonyl (C=O) groups is 2. The summed E-state index contributed by atoms with van der Waals surface area (Å²) in [5.74, 6) is -0.515. The third kappa shape index (κ3) is 8.65. The molecule has 6 heteroatoms. The highest BCUT2D eigenvalue weighted by Crippen LogP contribution is 1.85. The van der Waals surface area contributed by atoms with Crippen LogP contribution in [0.2, 0.25) is 0 Å². The van der Waals surface area contributed by atoms with Crippen LogP contribution in [0.1, 0.15) is 20.3 Å². The summed E-state index contributed by atoms with van der Waals surface area (Å²) in [6.45, 7) is 5.00. The zero-order valence-electron chi connectivity index (χ0n) is 10.7. The van der Waals surface area contributed by atoms with Crippen LogP contribution < -0.4 is 10.6 Å². The smallest absolute Gasteiger partial charge is 0.246 e. The average Bonchev–Trinajstić information content (AvgIpc) is 2.29. The van der Waals surface area contributed by atoms with Crippen LogP contribution in [0, 0.1) is 0 Å². The van der Waals surface area contributed by atoms with E-state index in [-0.39, 0.29) is 18.4 Å². The highest BCUT2D eigenvalue weighted by Gasteiger charge is 2.14. The first-order valence-electron chi connectivity index (χ1n) is 5.75. The first kappa shape index (κ1) is 15.9. The molecule has 0 aromatic rings. The average molecular weight is 246 g/mol. The molecule has 0 bridgehead atoms. The molecule has 17 heavy (non-hydrogen) atoms. The fourth-order valence-corrected chi connectivity index (χ4v) is 1.09. The second-order valence-electron chi connectivity index (χ2n) is 3.63. The van der Waals surface area contributed by atoms with Crippen molar-refractivity contribution in [3.05, 3.63) is 0 Å². The minimum Gasteiger partial charge on any atom is -0.383 e. The molecule has 2 amide bonds. The predicted octanol–water partition coefficient (Wildman–Crippen LogP) is -0.320. The molecule has 0 fully saturated rings. The van der Waals surface area contributed by atoms with Crippen molar-refractivity contribution in [2.24, 2.45) is 0 Å². The molecular formula is C11H22N2O4. The van der Waals surface area contributed by atoms with Crippen molar-refractivity contribution in [1.29, 1.82) is 0 Å². The Bertz CT molecular complexity index is 234. The van der Waals surface area contributed by atoms with E-state index in [1.54, 1.807) is 14.0 Å². The minimum absolute atomic E-state index is 0.0104. The molecular weight excluding hydrogens is 224 g/mol. The maximum Gasteiger partial charge on any atom is 0.246 e. The van der Waals surface area contributed by atoms with E-state index >= 15 is 0 Å². The molecule has 0 saturated carbocycles. The van der Waals surface area contributed by atoms with Gasteiger partial charge in [-0.2, -0.15) is 0 Å². The number of hydrogen-bond acceptors (Lipinski definition) is 4. The lowest BCUT2D eigenvalue weighted by molar-refractivity contribution is -0.131. The molecule has 0 aromatic heterocycles. The lowest BCUT2D eigenvalue weighted by Gasteiger charge is -2.13. The van der Waals surface area contributed by atoms with Crippen molar-refractivity contribution in [3.63, 3.8) is 0 Å². The summed E-state index contributed by atoms with van der Waals surface area (Å²) < 4.78 is 9.86. The van der Waals surface area contributed by atoms with Crippen LogP contribution in [0.5, 0.6) is 0 Å². The van der Waals surface area contributed by atoms with Gasteiger partial charge in [0.25, 0.3) is 0 Å². The van der Waals surface area contributed by atoms with Gasteiger partial charge in [-0.3, -0.25) is 9.59 Å². The molecule has 0 aliphatic carbocycles. The Morgan fingerprint density at radius 3 is 2.59 bits per heavy atom. The SMILES string of the molecule is CCCOCC(=O)NC(C)C(=O)NCCOC. The third-order valence-electron chi connectivity index (χ3n) is 1.96. The van der Waals surface area contributed by atoms with Gasteiger partial charge in [0.1, 0.15) is 12.6 Å². The van der Waals surface area contributed by atoms with Gasteiger partial charge < -0.3 is 20.1 Å². The van der Waals surface area contributed by atoms with Crippen LogP contribution >= 0.6 is 0 Å². The molecule has 6 nitrogen and oxygen atoms in total. The van der Waals surface area contributed by atoms with Crippen molar-refractivity contribution < 1.29 is 19.1 Å². The van der Waals surface area contributed by atoms with E-state index in [0.717, 1.165) is 6.42 Å². The highest BCUT2D eigenvalue weighted by molar-refractivity contribution is 5.87. The summed E-state index contributed by atoms with van der Waals surface area (Å²) in [5, 5.41) is 5.19. The van der Waals surface area contributed by atoms with Gasteiger partial charge in [-0.25, -0.2) is 0 Å². The van der Waals surface area contributed by atoms with E-state index < -0.39 is 6.04 Å². The largest absolute Gasteiger partial charge is 0.383 e. The normalized spacial score (nSPS) is 11.9. The number of methoxy groups -OCH3 is 1. The molecule has 0 heterocycles. The van der Waals surface area contributed by atoms with Crippen molar-refractivity contribution in [2.75, 3.05) is 33.5 Å². The minimum atomic E-state index is -0.565. The highest BCUT2D eigenvalue weighted by atomic mass is 16.5. The Morgan fingerprint density at radius 1 is 1.29 bits per heavy atom. The zero-order valence-corrected chi connectivity index (χ0v) is 10.7. The Balaban J connectivity index is 3.71. The lowest BCUT2D eigenvalue weighted by Crippen LogP contribution is -2.46. The molecule has 0 aliphatic heterocycles. The second-order valence-corrected chi connectivity index (χ2v) is 3.63. The Kier molecular flexibility index (Phi) is 9.37. The van der Waals surface area contributed by atoms with Gasteiger partial charge in [0, 0.05) is 20.3 Å². The summed E-state index contributed by atoms with van der Waals surface area (Å²) >= 11 is 0. The van der Waals surface area contributed by atoms with Crippen LogP contribution in [0.4, 0.5) is 0 Å². The molecule has 0 aromatic carbocycles. The van der Waals surface area contributed by atoms with Gasteiger partial charge in [-0.1, -0.05) is 6.92 Å². The van der Waals surface area contributed by atoms with Crippen molar-refractivity contribution in [3.8, 4) is 0 Å². The van der Waals surface area contributed by atoms with E-state index in [4.69, 9.17) is 9.47 Å². The Morgan fingerprint density at radius 2 is 2.00 bits per heavy atom. The number of carbonyl (C=O) groups excluding carboxylic acids is 2. The van der Waals surface area contributed by atoms with Crippen LogP contribution in [-0.2, 0) is 19.1 Å². The van der Waals surface area contributed by atoms with Gasteiger partial charge in [0.05, 0.1) is 6.61 Å². The van der Waals surface area contributed by atoms with Crippen molar-refractivity contribution in [2.45, 2.75) is 26.3 Å². The molecule has 0 radical (unpaired) electrons. The lowest BCUT2D eigenvalue weighted by atomic mass is 10.3. The maximum absolute atomic E-state index is 11.5. The fraction of sp³-hybridized carbons (Fsp3) is 0.818.